The van der Waals surface area contributed by atoms with Gasteiger partial charge in [0.05, 0.1) is 5.69 Å². The van der Waals surface area contributed by atoms with Gasteiger partial charge in [0.1, 0.15) is 0 Å². The minimum Gasteiger partial charge on any atom is -0.369 e. The van der Waals surface area contributed by atoms with E-state index < -0.39 is 0 Å². The van der Waals surface area contributed by atoms with Crippen LogP contribution in [0.15, 0.2) is 18.3 Å². The summed E-state index contributed by atoms with van der Waals surface area (Å²) in [6.45, 7) is 5.29. The topological polar surface area (TPSA) is 104 Å². The first-order valence-electron chi connectivity index (χ1n) is 9.90. The van der Waals surface area contributed by atoms with Gasteiger partial charge in [-0.3, -0.25) is 4.79 Å². The maximum Gasteiger partial charge on any atom is 0.319 e. The second-order valence-corrected chi connectivity index (χ2v) is 7.32. The highest BCUT2D eigenvalue weighted by atomic mass is 16.2. The molecule has 2 fully saturated rings. The summed E-state index contributed by atoms with van der Waals surface area (Å²) in [7, 11) is 0. The van der Waals surface area contributed by atoms with Gasteiger partial charge in [-0.05, 0) is 63.9 Å². The number of likely N-dealkylation sites (tertiary alicyclic amines) is 1. The van der Waals surface area contributed by atoms with E-state index in [0.717, 1.165) is 63.5 Å². The van der Waals surface area contributed by atoms with E-state index in [0.29, 0.717) is 6.54 Å². The average molecular weight is 374 g/mol. The van der Waals surface area contributed by atoms with Crippen LogP contribution in [0, 0.1) is 5.92 Å². The number of pyridine rings is 1. The third-order valence-corrected chi connectivity index (χ3v) is 5.37. The second kappa shape index (κ2) is 9.55. The van der Waals surface area contributed by atoms with E-state index in [-0.39, 0.29) is 17.9 Å². The van der Waals surface area contributed by atoms with Gasteiger partial charge in [-0.25, -0.2) is 9.78 Å². The number of nitrogens with two attached hydrogens (primary N) is 1. The van der Waals surface area contributed by atoms with E-state index in [1.807, 2.05) is 12.1 Å². The van der Waals surface area contributed by atoms with Gasteiger partial charge in [0.15, 0.2) is 5.82 Å². The van der Waals surface area contributed by atoms with Crippen LogP contribution in [-0.2, 0) is 4.79 Å². The number of amides is 3. The number of carbonyl (C=O) groups excluding carboxylic acids is 2. The van der Waals surface area contributed by atoms with E-state index >= 15 is 0 Å². The van der Waals surface area contributed by atoms with Crippen LogP contribution < -0.4 is 21.3 Å². The van der Waals surface area contributed by atoms with Crippen molar-refractivity contribution in [3.8, 4) is 0 Å². The molecule has 0 unspecified atom stereocenters. The van der Waals surface area contributed by atoms with Crippen LogP contribution in [0.5, 0.6) is 0 Å². The zero-order chi connectivity index (χ0) is 19.1. The quantitative estimate of drug-likeness (QED) is 0.626. The van der Waals surface area contributed by atoms with Crippen molar-refractivity contribution in [3.63, 3.8) is 0 Å². The number of carbonyl (C=O) groups is 2. The predicted octanol–water partition coefficient (Wildman–Crippen LogP) is 1.39. The minimum atomic E-state index is -0.198. The number of urea groups is 1. The molecule has 0 radical (unpaired) electrons. The Hall–Kier alpha value is -2.35. The fourth-order valence-corrected chi connectivity index (χ4v) is 3.79. The Morgan fingerprint density at radius 3 is 2.63 bits per heavy atom. The smallest absolute Gasteiger partial charge is 0.319 e. The number of hydrogen-bond donors (Lipinski definition) is 3. The molecule has 0 atom stereocenters. The van der Waals surface area contributed by atoms with Gasteiger partial charge in [0.25, 0.3) is 0 Å². The molecule has 2 aliphatic rings. The Labute approximate surface area is 160 Å². The fourth-order valence-electron chi connectivity index (χ4n) is 3.79. The summed E-state index contributed by atoms with van der Waals surface area (Å²) in [6, 6.07) is 3.53. The minimum absolute atomic E-state index is 0.0226. The molecule has 148 valence electrons. The highest BCUT2D eigenvalue weighted by Gasteiger charge is 2.22. The molecule has 3 heterocycles. The number of hydrogen-bond acceptors (Lipinski definition) is 5. The summed E-state index contributed by atoms with van der Waals surface area (Å²) in [4.78, 5) is 32.4. The summed E-state index contributed by atoms with van der Waals surface area (Å²) < 4.78 is 0. The van der Waals surface area contributed by atoms with E-state index in [1.54, 1.807) is 6.20 Å². The molecule has 0 bridgehead atoms. The average Bonchev–Trinajstić information content (AvgIpc) is 3.20. The van der Waals surface area contributed by atoms with Gasteiger partial charge in [-0.1, -0.05) is 0 Å². The molecule has 2 saturated heterocycles. The van der Waals surface area contributed by atoms with Gasteiger partial charge in [-0.15, -0.1) is 0 Å². The summed E-state index contributed by atoms with van der Waals surface area (Å²) in [5.41, 5.74) is 6.12. The Bertz CT molecular complexity index is 639. The summed E-state index contributed by atoms with van der Waals surface area (Å²) in [6.07, 6.45) is 6.64. The Morgan fingerprint density at radius 1 is 1.19 bits per heavy atom. The predicted molar refractivity (Wildman–Crippen MR) is 106 cm³/mol. The molecular weight excluding hydrogens is 344 g/mol. The highest BCUT2D eigenvalue weighted by molar-refractivity contribution is 5.92. The van der Waals surface area contributed by atoms with Crippen molar-refractivity contribution in [3.05, 3.63) is 18.3 Å². The largest absolute Gasteiger partial charge is 0.369 e. The number of nitrogens with one attached hydrogen (secondary N) is 2. The molecule has 3 rings (SSSR count). The van der Waals surface area contributed by atoms with Gasteiger partial charge < -0.3 is 26.2 Å². The highest BCUT2D eigenvalue weighted by Crippen LogP contribution is 2.25. The van der Waals surface area contributed by atoms with Crippen molar-refractivity contribution in [2.24, 2.45) is 11.7 Å². The van der Waals surface area contributed by atoms with Gasteiger partial charge in [0, 0.05) is 31.7 Å². The van der Waals surface area contributed by atoms with E-state index in [9.17, 15) is 9.59 Å². The first kappa shape index (κ1) is 19.4. The molecule has 0 saturated carbocycles. The van der Waals surface area contributed by atoms with Crippen LogP contribution >= 0.6 is 0 Å². The van der Waals surface area contributed by atoms with Crippen LogP contribution in [0.1, 0.15) is 32.1 Å². The number of rotatable bonds is 7. The number of aromatic nitrogens is 1. The van der Waals surface area contributed by atoms with Crippen molar-refractivity contribution in [2.75, 3.05) is 49.5 Å². The second-order valence-electron chi connectivity index (χ2n) is 7.32. The van der Waals surface area contributed by atoms with Gasteiger partial charge in [0.2, 0.25) is 5.91 Å². The molecule has 3 amide bonds. The Morgan fingerprint density at radius 2 is 1.93 bits per heavy atom. The number of anilines is 2. The maximum atomic E-state index is 12.2. The molecule has 0 spiro atoms. The van der Waals surface area contributed by atoms with E-state index in [1.165, 1.54) is 12.8 Å². The van der Waals surface area contributed by atoms with Gasteiger partial charge in [-0.2, -0.15) is 0 Å². The van der Waals surface area contributed by atoms with E-state index in [4.69, 9.17) is 5.73 Å². The summed E-state index contributed by atoms with van der Waals surface area (Å²) >= 11 is 0. The fraction of sp³-hybridized carbons (Fsp3) is 0.632. The first-order valence-corrected chi connectivity index (χ1v) is 9.90. The van der Waals surface area contributed by atoms with Crippen LogP contribution in [0.2, 0.25) is 0 Å². The van der Waals surface area contributed by atoms with Crippen molar-refractivity contribution in [1.29, 1.82) is 0 Å². The lowest BCUT2D eigenvalue weighted by Gasteiger charge is -2.30. The van der Waals surface area contributed by atoms with Crippen molar-refractivity contribution in [2.45, 2.75) is 32.1 Å². The zero-order valence-electron chi connectivity index (χ0n) is 15.8. The monoisotopic (exact) mass is 374 g/mol. The van der Waals surface area contributed by atoms with Crippen molar-refractivity contribution >= 4 is 23.4 Å². The van der Waals surface area contributed by atoms with Crippen molar-refractivity contribution < 1.29 is 9.59 Å². The molecule has 8 heteroatoms. The normalized spacial score (nSPS) is 18.4. The van der Waals surface area contributed by atoms with Crippen LogP contribution in [0.3, 0.4) is 0 Å². The molecule has 2 aliphatic heterocycles. The zero-order valence-corrected chi connectivity index (χ0v) is 15.8. The molecule has 4 N–H and O–H groups in total. The summed E-state index contributed by atoms with van der Waals surface area (Å²) in [5, 5.41) is 5.84. The molecule has 0 aromatic carbocycles. The van der Waals surface area contributed by atoms with Crippen molar-refractivity contribution in [1.82, 2.24) is 15.2 Å². The molecule has 1 aromatic heterocycles. The molecule has 1 aromatic rings. The molecule has 8 nitrogen and oxygen atoms in total. The summed E-state index contributed by atoms with van der Waals surface area (Å²) in [5.74, 6) is 0.689. The van der Waals surface area contributed by atoms with Crippen LogP contribution in [0.4, 0.5) is 16.3 Å². The van der Waals surface area contributed by atoms with Crippen LogP contribution in [0.25, 0.3) is 0 Å². The number of piperidine rings is 1. The molecule has 27 heavy (non-hydrogen) atoms. The lowest BCUT2D eigenvalue weighted by molar-refractivity contribution is -0.123. The third-order valence-electron chi connectivity index (χ3n) is 5.37. The lowest BCUT2D eigenvalue weighted by Crippen LogP contribution is -2.40. The lowest BCUT2D eigenvalue weighted by atomic mass is 9.96. The standard InChI is InChI=1S/C19H30N6O2/c20-17(26)15-6-13-24(14-7-15)10-4-9-22-19(27)23-16-5-3-8-21-18(16)25-11-1-2-12-25/h3,5,8,15H,1-2,4,6-7,9-14H2,(H2,20,26)(H2,22,23,27). The van der Waals surface area contributed by atoms with E-state index in [2.05, 4.69) is 25.4 Å². The van der Waals surface area contributed by atoms with Crippen LogP contribution in [-0.4, -0.2) is 61.1 Å². The number of nitrogens with zero attached hydrogens (tertiary/aromatic N) is 3. The third kappa shape index (κ3) is 5.56. The first-order chi connectivity index (χ1) is 13.1. The molecule has 0 aliphatic carbocycles. The Balaban J connectivity index is 1.36. The van der Waals surface area contributed by atoms with Gasteiger partial charge >= 0.3 is 6.03 Å². The maximum absolute atomic E-state index is 12.2. The SMILES string of the molecule is NC(=O)C1CCN(CCCNC(=O)Nc2cccnc2N2CCCC2)CC1. The number of primary amides is 1. The molecular formula is C19H30N6O2. The Kier molecular flexibility index (Phi) is 6.86.